The van der Waals surface area contributed by atoms with Gasteiger partial charge in [-0.25, -0.2) is 8.42 Å². The highest BCUT2D eigenvalue weighted by molar-refractivity contribution is 7.89. The lowest BCUT2D eigenvalue weighted by atomic mass is 10.1. The van der Waals surface area contributed by atoms with Gasteiger partial charge in [0.15, 0.2) is 6.10 Å². The summed E-state index contributed by atoms with van der Waals surface area (Å²) in [6.07, 6.45) is -0.981. The van der Waals surface area contributed by atoms with Crippen molar-refractivity contribution in [2.75, 3.05) is 18.0 Å². The van der Waals surface area contributed by atoms with Crippen molar-refractivity contribution in [3.63, 3.8) is 0 Å². The van der Waals surface area contributed by atoms with Crippen LogP contribution in [0.2, 0.25) is 5.02 Å². The Balaban J connectivity index is 1.40. The van der Waals surface area contributed by atoms with Crippen LogP contribution in [0, 0.1) is 6.92 Å². The monoisotopic (exact) mass is 603 g/mol. The topological polar surface area (TPSA) is 96.0 Å². The van der Waals surface area contributed by atoms with Crippen LogP contribution in [-0.4, -0.2) is 43.7 Å². The Morgan fingerprint density at radius 1 is 0.905 bits per heavy atom. The highest BCUT2D eigenvalue weighted by Crippen LogP contribution is 2.34. The van der Waals surface area contributed by atoms with Crippen molar-refractivity contribution in [1.29, 1.82) is 0 Å². The van der Waals surface area contributed by atoms with E-state index in [-0.39, 0.29) is 23.9 Å². The van der Waals surface area contributed by atoms with E-state index in [9.17, 15) is 18.0 Å². The number of fused-ring (bicyclic) bond motifs is 1. The highest BCUT2D eigenvalue weighted by Gasteiger charge is 2.36. The molecule has 0 saturated carbocycles. The zero-order chi connectivity index (χ0) is 29.7. The number of nitrogens with zero attached hydrogens (tertiary/aromatic N) is 2. The number of benzene rings is 4. The van der Waals surface area contributed by atoms with Gasteiger partial charge in [0.25, 0.3) is 5.91 Å². The van der Waals surface area contributed by atoms with Gasteiger partial charge in [0.05, 0.1) is 23.7 Å². The van der Waals surface area contributed by atoms with Crippen molar-refractivity contribution in [3.05, 3.63) is 125 Å². The lowest BCUT2D eigenvalue weighted by Crippen LogP contribution is -2.52. The molecule has 0 radical (unpaired) electrons. The van der Waals surface area contributed by atoms with Crippen LogP contribution >= 0.6 is 11.6 Å². The standard InChI is InChI=1S/C32H30ClN3O5S/c1-23-11-13-25(14-12-23)20-35(42(39,40)27-17-15-26(33)16-18-27)22-31(37)36-21-30(41-29-10-6-5-9-28(29)36)32(38)34-19-24-7-3-2-4-8-24/h2-18,30H,19-22H2,1H3,(H,34,38)/t30-/m1/s1. The molecule has 0 fully saturated rings. The molecule has 8 nitrogen and oxygen atoms in total. The van der Waals surface area contributed by atoms with E-state index in [1.807, 2.05) is 61.5 Å². The summed E-state index contributed by atoms with van der Waals surface area (Å²) in [6, 6.07) is 29.6. The zero-order valence-corrected chi connectivity index (χ0v) is 24.5. The first kappa shape index (κ1) is 29.3. The predicted molar refractivity (Wildman–Crippen MR) is 162 cm³/mol. The summed E-state index contributed by atoms with van der Waals surface area (Å²) >= 11 is 6.00. The van der Waals surface area contributed by atoms with Gasteiger partial charge in [-0.1, -0.05) is 83.9 Å². The molecule has 1 atom stereocenters. The number of aryl methyl sites for hydroxylation is 1. The molecule has 0 aliphatic carbocycles. The smallest absolute Gasteiger partial charge is 0.263 e. The van der Waals surface area contributed by atoms with Crippen LogP contribution in [0.4, 0.5) is 5.69 Å². The second-order valence-electron chi connectivity index (χ2n) is 9.99. The van der Waals surface area contributed by atoms with Gasteiger partial charge in [0, 0.05) is 18.1 Å². The first-order chi connectivity index (χ1) is 20.2. The minimum Gasteiger partial charge on any atom is -0.477 e. The number of hydrogen-bond donors (Lipinski definition) is 1. The third kappa shape index (κ3) is 6.82. The lowest BCUT2D eigenvalue weighted by molar-refractivity contribution is -0.128. The van der Waals surface area contributed by atoms with Crippen LogP contribution in [-0.2, 0) is 32.7 Å². The number of para-hydroxylation sites is 2. The number of carbonyl (C=O) groups is 2. The van der Waals surface area contributed by atoms with E-state index in [2.05, 4.69) is 5.32 Å². The molecule has 0 bridgehead atoms. The van der Waals surface area contributed by atoms with Gasteiger partial charge >= 0.3 is 0 Å². The maximum Gasteiger partial charge on any atom is 0.263 e. The molecule has 2 amide bonds. The lowest BCUT2D eigenvalue weighted by Gasteiger charge is -2.35. The van der Waals surface area contributed by atoms with E-state index in [1.165, 1.54) is 29.2 Å². The van der Waals surface area contributed by atoms with Crippen LogP contribution in [0.1, 0.15) is 16.7 Å². The van der Waals surface area contributed by atoms with Gasteiger partial charge in [-0.2, -0.15) is 4.31 Å². The molecule has 0 aromatic heterocycles. The minimum absolute atomic E-state index is 0.0207. The van der Waals surface area contributed by atoms with Crippen LogP contribution in [0.3, 0.4) is 0 Å². The molecule has 0 unspecified atom stereocenters. The number of sulfonamides is 1. The molecule has 1 aliphatic heterocycles. The molecule has 1 aliphatic rings. The quantitative estimate of drug-likeness (QED) is 0.292. The number of amides is 2. The van der Waals surface area contributed by atoms with E-state index in [4.69, 9.17) is 16.3 Å². The fourth-order valence-corrected chi connectivity index (χ4v) is 6.12. The van der Waals surface area contributed by atoms with Crippen molar-refractivity contribution in [1.82, 2.24) is 9.62 Å². The fraction of sp³-hybridized carbons (Fsp3) is 0.188. The van der Waals surface area contributed by atoms with Crippen molar-refractivity contribution in [2.24, 2.45) is 0 Å². The maximum atomic E-state index is 13.9. The van der Waals surface area contributed by atoms with E-state index < -0.39 is 28.6 Å². The first-order valence-electron chi connectivity index (χ1n) is 13.4. The van der Waals surface area contributed by atoms with E-state index in [0.29, 0.717) is 23.0 Å². The van der Waals surface area contributed by atoms with Crippen molar-refractivity contribution in [3.8, 4) is 5.75 Å². The summed E-state index contributed by atoms with van der Waals surface area (Å²) in [4.78, 5) is 28.5. The molecular formula is C32H30ClN3O5S. The molecule has 0 spiro atoms. The molecule has 5 rings (SSSR count). The third-order valence-corrected chi connectivity index (χ3v) is 8.98. The number of anilines is 1. The van der Waals surface area contributed by atoms with Crippen molar-refractivity contribution >= 4 is 39.1 Å². The Kier molecular flexibility index (Phi) is 8.91. The Hall–Kier alpha value is -4.18. The number of hydrogen-bond acceptors (Lipinski definition) is 5. The van der Waals surface area contributed by atoms with E-state index >= 15 is 0 Å². The zero-order valence-electron chi connectivity index (χ0n) is 22.9. The van der Waals surface area contributed by atoms with Crippen LogP contribution in [0.5, 0.6) is 5.75 Å². The SMILES string of the molecule is Cc1ccc(CN(CC(=O)N2C[C@H](C(=O)NCc3ccccc3)Oc3ccccc32)S(=O)(=O)c2ccc(Cl)cc2)cc1. The largest absolute Gasteiger partial charge is 0.477 e. The number of carbonyl (C=O) groups excluding carboxylic acids is 2. The van der Waals surface area contributed by atoms with Gasteiger partial charge in [0.2, 0.25) is 15.9 Å². The van der Waals surface area contributed by atoms with Crippen LogP contribution in [0.15, 0.2) is 108 Å². The number of rotatable bonds is 9. The van der Waals surface area contributed by atoms with Crippen molar-refractivity contribution in [2.45, 2.75) is 31.0 Å². The molecule has 42 heavy (non-hydrogen) atoms. The van der Waals surface area contributed by atoms with Gasteiger partial charge in [-0.15, -0.1) is 0 Å². The second-order valence-corrected chi connectivity index (χ2v) is 12.4. The Bertz CT molecular complexity index is 1660. The highest BCUT2D eigenvalue weighted by atomic mass is 35.5. The third-order valence-electron chi connectivity index (χ3n) is 6.92. The van der Waals surface area contributed by atoms with Gasteiger partial charge in [0.1, 0.15) is 5.75 Å². The summed E-state index contributed by atoms with van der Waals surface area (Å²) in [5.74, 6) is -0.504. The normalized spacial score (nSPS) is 14.6. The van der Waals surface area contributed by atoms with E-state index in [0.717, 1.165) is 21.0 Å². The molecule has 4 aromatic rings. The summed E-state index contributed by atoms with van der Waals surface area (Å²) in [5, 5.41) is 3.27. The number of nitrogens with one attached hydrogen (secondary N) is 1. The van der Waals surface area contributed by atoms with Crippen LogP contribution in [0.25, 0.3) is 0 Å². The van der Waals surface area contributed by atoms with Crippen molar-refractivity contribution < 1.29 is 22.7 Å². The Morgan fingerprint density at radius 3 is 2.29 bits per heavy atom. The van der Waals surface area contributed by atoms with Crippen LogP contribution < -0.4 is 15.0 Å². The Morgan fingerprint density at radius 2 is 1.57 bits per heavy atom. The molecule has 1 heterocycles. The summed E-state index contributed by atoms with van der Waals surface area (Å²) in [7, 11) is -4.09. The maximum absolute atomic E-state index is 13.9. The fourth-order valence-electron chi connectivity index (χ4n) is 4.62. The molecule has 10 heteroatoms. The summed E-state index contributed by atoms with van der Waals surface area (Å²) in [6.45, 7) is 1.70. The minimum atomic E-state index is -4.09. The summed E-state index contributed by atoms with van der Waals surface area (Å²) in [5.41, 5.74) is 3.15. The van der Waals surface area contributed by atoms with Gasteiger partial charge in [-0.3, -0.25) is 9.59 Å². The summed E-state index contributed by atoms with van der Waals surface area (Å²) < 4.78 is 34.7. The number of halogens is 1. The Labute approximate surface area is 250 Å². The molecule has 4 aromatic carbocycles. The molecule has 0 saturated heterocycles. The predicted octanol–water partition coefficient (Wildman–Crippen LogP) is 4.95. The molecular weight excluding hydrogens is 574 g/mol. The first-order valence-corrected chi connectivity index (χ1v) is 15.2. The number of ether oxygens (including phenoxy) is 1. The average Bonchev–Trinajstić information content (AvgIpc) is 3.00. The average molecular weight is 604 g/mol. The van der Waals surface area contributed by atoms with Gasteiger partial charge < -0.3 is 15.0 Å². The van der Waals surface area contributed by atoms with E-state index in [1.54, 1.807) is 24.3 Å². The van der Waals surface area contributed by atoms with Gasteiger partial charge in [-0.05, 0) is 54.4 Å². The second kappa shape index (κ2) is 12.8. The molecule has 1 N–H and O–H groups in total. The molecule has 216 valence electrons.